The summed E-state index contributed by atoms with van der Waals surface area (Å²) in [6, 6.07) is 3.38. The van der Waals surface area contributed by atoms with Crippen molar-refractivity contribution in [2.45, 2.75) is 33.2 Å². The minimum absolute atomic E-state index is 0.141. The van der Waals surface area contributed by atoms with Gasteiger partial charge in [0.15, 0.2) is 5.82 Å². The molecule has 0 aliphatic heterocycles. The predicted molar refractivity (Wildman–Crippen MR) is 88.4 cm³/mol. The Morgan fingerprint density at radius 3 is 2.88 bits per heavy atom. The van der Waals surface area contributed by atoms with Crippen molar-refractivity contribution in [2.24, 2.45) is 5.92 Å². The minimum atomic E-state index is -0.357. The summed E-state index contributed by atoms with van der Waals surface area (Å²) in [5.74, 6) is 1.31. The normalized spacial score (nSPS) is 12.5. The van der Waals surface area contributed by atoms with Crippen LogP contribution in [-0.4, -0.2) is 31.2 Å². The van der Waals surface area contributed by atoms with Crippen LogP contribution in [-0.2, 0) is 0 Å². The van der Waals surface area contributed by atoms with Crippen molar-refractivity contribution in [3.63, 3.8) is 0 Å². The Bertz CT molecular complexity index is 808. The highest BCUT2D eigenvalue weighted by atomic mass is 32.1. The Labute approximate surface area is 142 Å². The molecule has 0 bridgehead atoms. The average molecular weight is 346 g/mol. The molecule has 1 amide bonds. The lowest BCUT2D eigenvalue weighted by atomic mass is 10.0. The molecule has 0 aromatic carbocycles. The van der Waals surface area contributed by atoms with E-state index < -0.39 is 0 Å². The van der Waals surface area contributed by atoms with E-state index in [-0.39, 0.29) is 11.9 Å². The van der Waals surface area contributed by atoms with Gasteiger partial charge in [0.05, 0.1) is 4.88 Å². The lowest BCUT2D eigenvalue weighted by molar-refractivity contribution is 0.0926. The first kappa shape index (κ1) is 16.3. The maximum Gasteiger partial charge on any atom is 0.262 e. The molecule has 0 saturated heterocycles. The van der Waals surface area contributed by atoms with Crippen molar-refractivity contribution in [3.05, 3.63) is 34.1 Å². The molecular weight excluding hydrogens is 328 g/mol. The Morgan fingerprint density at radius 1 is 1.42 bits per heavy atom. The fraction of sp³-hybridized carbons (Fsp3) is 0.400. The molecule has 24 heavy (non-hydrogen) atoms. The van der Waals surface area contributed by atoms with Gasteiger partial charge in [-0.25, -0.2) is 4.98 Å². The van der Waals surface area contributed by atoms with E-state index >= 15 is 0 Å². The van der Waals surface area contributed by atoms with Crippen molar-refractivity contribution in [3.8, 4) is 11.6 Å². The van der Waals surface area contributed by atoms with Gasteiger partial charge in [-0.15, -0.1) is 11.3 Å². The highest BCUT2D eigenvalue weighted by Gasteiger charge is 2.24. The first-order chi connectivity index (χ1) is 11.5. The minimum Gasteiger partial charge on any atom is -0.340 e. The second-order valence-corrected chi connectivity index (χ2v) is 7.14. The summed E-state index contributed by atoms with van der Waals surface area (Å²) in [5.41, 5.74) is 0. The monoisotopic (exact) mass is 346 g/mol. The van der Waals surface area contributed by atoms with Crippen molar-refractivity contribution < 1.29 is 9.32 Å². The van der Waals surface area contributed by atoms with Crippen molar-refractivity contribution in [1.29, 1.82) is 0 Å². The van der Waals surface area contributed by atoms with Crippen LogP contribution in [0.2, 0.25) is 0 Å². The van der Waals surface area contributed by atoms with Gasteiger partial charge < -0.3 is 9.84 Å². The second-order valence-electron chi connectivity index (χ2n) is 5.86. The lowest BCUT2D eigenvalue weighted by Gasteiger charge is -2.16. The number of amides is 1. The van der Waals surface area contributed by atoms with E-state index in [9.17, 15) is 4.79 Å². The van der Waals surface area contributed by atoms with E-state index in [1.165, 1.54) is 17.7 Å². The van der Waals surface area contributed by atoms with E-state index in [0.717, 1.165) is 4.88 Å². The first-order valence-electron chi connectivity index (χ1n) is 7.59. The van der Waals surface area contributed by atoms with Gasteiger partial charge in [-0.2, -0.15) is 10.1 Å². The van der Waals surface area contributed by atoms with E-state index in [2.05, 4.69) is 44.5 Å². The van der Waals surface area contributed by atoms with Gasteiger partial charge in [0, 0.05) is 4.88 Å². The molecule has 3 rings (SSSR count). The number of rotatable bonds is 6. The van der Waals surface area contributed by atoms with Crippen LogP contribution in [0.25, 0.3) is 11.6 Å². The summed E-state index contributed by atoms with van der Waals surface area (Å²) in [7, 11) is 0. The van der Waals surface area contributed by atoms with Crippen LogP contribution in [0.4, 0.5) is 0 Å². The zero-order valence-corrected chi connectivity index (χ0v) is 14.4. The molecule has 3 heterocycles. The number of nitrogens with zero attached hydrogens (tertiary/aromatic N) is 4. The highest BCUT2D eigenvalue weighted by molar-refractivity contribution is 7.13. The smallest absolute Gasteiger partial charge is 0.262 e. The number of hydrogen-bond acceptors (Lipinski definition) is 7. The second kappa shape index (κ2) is 6.91. The summed E-state index contributed by atoms with van der Waals surface area (Å²) in [6.45, 7) is 6.11. The molecule has 0 saturated carbocycles. The third-order valence-electron chi connectivity index (χ3n) is 3.34. The summed E-state index contributed by atoms with van der Waals surface area (Å²) < 4.78 is 5.33. The van der Waals surface area contributed by atoms with Crippen molar-refractivity contribution in [1.82, 2.24) is 30.6 Å². The zero-order valence-electron chi connectivity index (χ0n) is 13.6. The number of thiophene rings is 1. The molecule has 126 valence electrons. The molecule has 0 radical (unpaired) electrons. The number of carbonyl (C=O) groups is 1. The Kier molecular flexibility index (Phi) is 4.70. The van der Waals surface area contributed by atoms with Crippen LogP contribution in [0.15, 0.2) is 23.0 Å². The average Bonchev–Trinajstić information content (AvgIpc) is 3.26. The number of nitrogens with one attached hydrogen (secondary N) is 2. The quantitative estimate of drug-likeness (QED) is 0.710. The molecule has 9 heteroatoms. The van der Waals surface area contributed by atoms with E-state index in [0.29, 0.717) is 34.8 Å². The Morgan fingerprint density at radius 2 is 2.25 bits per heavy atom. The van der Waals surface area contributed by atoms with Crippen LogP contribution in [0.3, 0.4) is 0 Å². The third kappa shape index (κ3) is 3.67. The molecule has 0 aliphatic carbocycles. The maximum atomic E-state index is 12.4. The molecule has 3 aromatic rings. The molecular formula is C15H18N6O2S. The zero-order chi connectivity index (χ0) is 17.1. The van der Waals surface area contributed by atoms with Gasteiger partial charge in [0.1, 0.15) is 12.4 Å². The van der Waals surface area contributed by atoms with Crippen LogP contribution < -0.4 is 5.32 Å². The predicted octanol–water partition coefficient (Wildman–Crippen LogP) is 2.74. The maximum absolute atomic E-state index is 12.4. The fourth-order valence-corrected chi connectivity index (χ4v) is 3.04. The van der Waals surface area contributed by atoms with Crippen LogP contribution in [0.5, 0.6) is 0 Å². The van der Waals surface area contributed by atoms with Crippen molar-refractivity contribution >= 4 is 17.2 Å². The van der Waals surface area contributed by atoms with E-state index in [1.54, 1.807) is 0 Å². The standard InChI is InChI=1S/C15H18N6O2S/c1-8(2)6-10(18-14(22)11-5-4-9(3)24-11)15-19-13(21-23-15)12-16-7-17-20-12/h4-5,7-8,10H,6H2,1-3H3,(H,18,22)(H,16,17,20)/t10-/m1/s1. The first-order valence-corrected chi connectivity index (χ1v) is 8.41. The number of hydrogen-bond donors (Lipinski definition) is 2. The van der Waals surface area contributed by atoms with E-state index in [1.807, 2.05) is 19.1 Å². The molecule has 0 unspecified atom stereocenters. The highest BCUT2D eigenvalue weighted by Crippen LogP contribution is 2.23. The van der Waals surface area contributed by atoms with Gasteiger partial charge in [-0.05, 0) is 31.4 Å². The summed E-state index contributed by atoms with van der Waals surface area (Å²) in [4.78, 5) is 22.5. The topological polar surface area (TPSA) is 110 Å². The van der Waals surface area contributed by atoms with Gasteiger partial charge in [-0.1, -0.05) is 19.0 Å². The molecule has 2 N–H and O–H groups in total. The molecule has 1 atom stereocenters. The van der Waals surface area contributed by atoms with Gasteiger partial charge >= 0.3 is 0 Å². The Balaban J connectivity index is 1.80. The fourth-order valence-electron chi connectivity index (χ4n) is 2.26. The molecule has 3 aromatic heterocycles. The SMILES string of the molecule is Cc1ccc(C(=O)N[C@H](CC(C)C)c2nc(-c3ncn[nH]3)no2)s1. The van der Waals surface area contributed by atoms with Crippen LogP contribution >= 0.6 is 11.3 Å². The summed E-state index contributed by atoms with van der Waals surface area (Å²) >= 11 is 1.45. The van der Waals surface area contributed by atoms with Gasteiger partial charge in [0.2, 0.25) is 11.7 Å². The number of H-pyrrole nitrogens is 1. The van der Waals surface area contributed by atoms with Crippen LogP contribution in [0, 0.1) is 12.8 Å². The third-order valence-corrected chi connectivity index (χ3v) is 4.34. The largest absolute Gasteiger partial charge is 0.340 e. The molecule has 0 fully saturated rings. The number of aryl methyl sites for hydroxylation is 1. The van der Waals surface area contributed by atoms with Crippen molar-refractivity contribution in [2.75, 3.05) is 0 Å². The Hall–Kier alpha value is -2.55. The number of carbonyl (C=O) groups excluding carboxylic acids is 1. The van der Waals surface area contributed by atoms with Gasteiger partial charge in [-0.3, -0.25) is 9.89 Å². The van der Waals surface area contributed by atoms with Gasteiger partial charge in [0.25, 0.3) is 5.91 Å². The van der Waals surface area contributed by atoms with E-state index in [4.69, 9.17) is 4.52 Å². The molecule has 0 aliphatic rings. The van der Waals surface area contributed by atoms with Crippen LogP contribution in [0.1, 0.15) is 46.7 Å². The number of aromatic nitrogens is 5. The summed E-state index contributed by atoms with van der Waals surface area (Å²) in [5, 5.41) is 13.3. The summed E-state index contributed by atoms with van der Waals surface area (Å²) in [6.07, 6.45) is 2.06. The molecule has 0 spiro atoms. The molecule has 8 nitrogen and oxygen atoms in total. The number of aromatic amines is 1. The lowest BCUT2D eigenvalue weighted by Crippen LogP contribution is -2.29.